The van der Waals surface area contributed by atoms with E-state index >= 15 is 0 Å². The van der Waals surface area contributed by atoms with Crippen molar-refractivity contribution in [2.75, 3.05) is 30.9 Å². The summed E-state index contributed by atoms with van der Waals surface area (Å²) in [5.41, 5.74) is 2.13. The summed E-state index contributed by atoms with van der Waals surface area (Å²) in [4.78, 5) is 26.3. The number of carbonyl (C=O) groups excluding carboxylic acids is 2. The molecule has 0 aliphatic carbocycles. The van der Waals surface area contributed by atoms with E-state index < -0.39 is 18.5 Å². The highest BCUT2D eigenvalue weighted by molar-refractivity contribution is 6.31. The minimum absolute atomic E-state index is 0.382. The lowest BCUT2D eigenvalue weighted by molar-refractivity contribution is -0.119. The Morgan fingerprint density at radius 1 is 1.14 bits per heavy atom. The number of hydrogen-bond acceptors (Lipinski definition) is 5. The second kappa shape index (κ2) is 9.25. The smallest absolute Gasteiger partial charge is 0.338 e. The highest BCUT2D eigenvalue weighted by atomic mass is 35.5. The molecule has 7 nitrogen and oxygen atoms in total. The summed E-state index contributed by atoms with van der Waals surface area (Å²) in [6.45, 7) is 0.00169. The van der Waals surface area contributed by atoms with Crippen molar-refractivity contribution in [1.82, 2.24) is 9.78 Å². The molecule has 3 rings (SSSR count). The second-order valence-electron chi connectivity index (χ2n) is 6.53. The van der Waals surface area contributed by atoms with E-state index in [0.29, 0.717) is 22.9 Å². The summed E-state index contributed by atoms with van der Waals surface area (Å²) in [5, 5.41) is 7.52. The predicted molar refractivity (Wildman–Crippen MR) is 112 cm³/mol. The summed E-state index contributed by atoms with van der Waals surface area (Å²) < 4.78 is 6.74. The molecule has 0 saturated heterocycles. The topological polar surface area (TPSA) is 76.5 Å². The number of esters is 1. The highest BCUT2D eigenvalue weighted by Gasteiger charge is 2.13. The fraction of sp³-hybridized carbons (Fsp3) is 0.190. The van der Waals surface area contributed by atoms with E-state index in [0.717, 1.165) is 11.3 Å². The van der Waals surface area contributed by atoms with Crippen molar-refractivity contribution >= 4 is 35.0 Å². The van der Waals surface area contributed by atoms with E-state index in [1.807, 2.05) is 43.3 Å². The molecule has 0 atom stereocenters. The van der Waals surface area contributed by atoms with Crippen LogP contribution in [0.15, 0.2) is 60.8 Å². The van der Waals surface area contributed by atoms with Gasteiger partial charge in [-0.05, 0) is 29.8 Å². The molecule has 0 unspecified atom stereocenters. The fourth-order valence-electron chi connectivity index (χ4n) is 2.66. The first-order chi connectivity index (χ1) is 13.9. The van der Waals surface area contributed by atoms with E-state index in [9.17, 15) is 9.59 Å². The van der Waals surface area contributed by atoms with Gasteiger partial charge in [0.05, 0.1) is 18.3 Å². The molecule has 0 bridgehead atoms. The average molecular weight is 413 g/mol. The summed E-state index contributed by atoms with van der Waals surface area (Å²) in [6.07, 6.45) is 1.57. The van der Waals surface area contributed by atoms with Crippen LogP contribution in [-0.2, 0) is 16.1 Å². The first kappa shape index (κ1) is 20.4. The van der Waals surface area contributed by atoms with Crippen LogP contribution >= 0.6 is 11.6 Å². The maximum Gasteiger partial charge on any atom is 0.338 e. The number of halogens is 1. The molecule has 2 aromatic carbocycles. The number of carbonyl (C=O) groups is 2. The van der Waals surface area contributed by atoms with E-state index in [-0.39, 0.29) is 0 Å². The molecule has 0 spiro atoms. The first-order valence-electron chi connectivity index (χ1n) is 8.93. The first-order valence-corrected chi connectivity index (χ1v) is 9.31. The molecular weight excluding hydrogens is 392 g/mol. The number of benzene rings is 2. The van der Waals surface area contributed by atoms with Gasteiger partial charge in [0.15, 0.2) is 6.61 Å². The third-order valence-corrected chi connectivity index (χ3v) is 4.56. The molecule has 3 aromatic rings. The Balaban J connectivity index is 1.58. The molecule has 29 heavy (non-hydrogen) atoms. The van der Waals surface area contributed by atoms with Gasteiger partial charge in [-0.15, -0.1) is 0 Å². The normalized spacial score (nSPS) is 10.4. The van der Waals surface area contributed by atoms with Crippen LogP contribution in [0.4, 0.5) is 11.5 Å². The minimum atomic E-state index is -0.562. The number of amides is 1. The van der Waals surface area contributed by atoms with Gasteiger partial charge in [0.25, 0.3) is 5.91 Å². The lowest BCUT2D eigenvalue weighted by Gasteiger charge is -2.13. The van der Waals surface area contributed by atoms with Gasteiger partial charge in [0, 0.05) is 30.9 Å². The highest BCUT2D eigenvalue weighted by Crippen LogP contribution is 2.18. The van der Waals surface area contributed by atoms with Crippen LogP contribution in [-0.4, -0.2) is 42.4 Å². The van der Waals surface area contributed by atoms with Crippen molar-refractivity contribution in [1.29, 1.82) is 0 Å². The molecule has 0 fully saturated rings. The Bertz CT molecular complexity index is 1020. The SMILES string of the molecule is CN(C)c1cccc(C(=O)OCC(=O)Nc2ccnn2Cc2ccccc2Cl)c1. The monoisotopic (exact) mass is 412 g/mol. The quantitative estimate of drug-likeness (QED) is 0.601. The van der Waals surface area contributed by atoms with Gasteiger partial charge in [-0.3, -0.25) is 4.79 Å². The van der Waals surface area contributed by atoms with E-state index in [1.165, 1.54) is 0 Å². The van der Waals surface area contributed by atoms with Crippen LogP contribution in [0, 0.1) is 0 Å². The number of rotatable bonds is 7. The number of ether oxygens (including phenoxy) is 1. The zero-order valence-corrected chi connectivity index (χ0v) is 16.9. The minimum Gasteiger partial charge on any atom is -0.452 e. The molecule has 1 aromatic heterocycles. The molecule has 150 valence electrons. The Labute approximate surface area is 173 Å². The third kappa shape index (κ3) is 5.36. The fourth-order valence-corrected chi connectivity index (χ4v) is 2.85. The maximum atomic E-state index is 12.2. The molecule has 8 heteroatoms. The molecule has 1 amide bonds. The van der Waals surface area contributed by atoms with Crippen LogP contribution < -0.4 is 10.2 Å². The van der Waals surface area contributed by atoms with Gasteiger partial charge in [0.2, 0.25) is 0 Å². The molecule has 0 aliphatic heterocycles. The van der Waals surface area contributed by atoms with E-state index in [1.54, 1.807) is 41.2 Å². The van der Waals surface area contributed by atoms with Gasteiger partial charge in [0.1, 0.15) is 5.82 Å². The van der Waals surface area contributed by atoms with Crippen molar-refractivity contribution in [2.45, 2.75) is 6.54 Å². The molecule has 1 N–H and O–H groups in total. The van der Waals surface area contributed by atoms with Crippen molar-refractivity contribution in [3.63, 3.8) is 0 Å². The van der Waals surface area contributed by atoms with Crippen LogP contribution in [0.3, 0.4) is 0 Å². The predicted octanol–water partition coefficient (Wildman–Crippen LogP) is 3.45. The van der Waals surface area contributed by atoms with Gasteiger partial charge in [-0.1, -0.05) is 35.9 Å². The van der Waals surface area contributed by atoms with E-state index in [2.05, 4.69) is 10.4 Å². The zero-order chi connectivity index (χ0) is 20.8. The Hall–Kier alpha value is -3.32. The lowest BCUT2D eigenvalue weighted by atomic mass is 10.2. The van der Waals surface area contributed by atoms with Crippen molar-refractivity contribution in [3.05, 3.63) is 76.9 Å². The molecule has 0 radical (unpaired) electrons. The standard InChI is InChI=1S/C21H21ClN4O3/c1-25(2)17-8-5-7-15(12-17)21(28)29-14-20(27)24-19-10-11-23-26(19)13-16-6-3-4-9-18(16)22/h3-12H,13-14H2,1-2H3,(H,24,27). The van der Waals surface area contributed by atoms with Crippen LogP contribution in [0.1, 0.15) is 15.9 Å². The van der Waals surface area contributed by atoms with Crippen LogP contribution in [0.5, 0.6) is 0 Å². The summed E-state index contributed by atoms with van der Waals surface area (Å²) in [6, 6.07) is 16.1. The zero-order valence-electron chi connectivity index (χ0n) is 16.1. The Morgan fingerprint density at radius 2 is 1.93 bits per heavy atom. The van der Waals surface area contributed by atoms with Gasteiger partial charge >= 0.3 is 5.97 Å². The largest absolute Gasteiger partial charge is 0.452 e. The van der Waals surface area contributed by atoms with Crippen LogP contribution in [0.2, 0.25) is 5.02 Å². The number of nitrogens with one attached hydrogen (secondary N) is 1. The van der Waals surface area contributed by atoms with Gasteiger partial charge in [-0.25, -0.2) is 9.48 Å². The van der Waals surface area contributed by atoms with Crippen LogP contribution in [0.25, 0.3) is 0 Å². The second-order valence-corrected chi connectivity index (χ2v) is 6.94. The third-order valence-electron chi connectivity index (χ3n) is 4.19. The lowest BCUT2D eigenvalue weighted by Crippen LogP contribution is -2.23. The molecule has 1 heterocycles. The average Bonchev–Trinajstić information content (AvgIpc) is 3.14. The summed E-state index contributed by atoms with van der Waals surface area (Å²) in [5.74, 6) is -0.531. The van der Waals surface area contributed by atoms with Crippen molar-refractivity contribution in [2.24, 2.45) is 0 Å². The van der Waals surface area contributed by atoms with Crippen molar-refractivity contribution in [3.8, 4) is 0 Å². The number of anilines is 2. The van der Waals surface area contributed by atoms with Gasteiger partial charge in [-0.2, -0.15) is 5.10 Å². The number of aromatic nitrogens is 2. The summed E-state index contributed by atoms with van der Waals surface area (Å²) in [7, 11) is 3.76. The molecular formula is C21H21ClN4O3. The van der Waals surface area contributed by atoms with E-state index in [4.69, 9.17) is 16.3 Å². The molecule has 0 saturated carbocycles. The molecule has 0 aliphatic rings. The maximum absolute atomic E-state index is 12.2. The Morgan fingerprint density at radius 3 is 2.69 bits per heavy atom. The van der Waals surface area contributed by atoms with Crippen molar-refractivity contribution < 1.29 is 14.3 Å². The number of hydrogen-bond donors (Lipinski definition) is 1. The van der Waals surface area contributed by atoms with Gasteiger partial charge < -0.3 is 15.0 Å². The Kier molecular flexibility index (Phi) is 6.51. The summed E-state index contributed by atoms with van der Waals surface area (Å²) >= 11 is 6.18. The number of nitrogens with zero attached hydrogens (tertiary/aromatic N) is 3.